The van der Waals surface area contributed by atoms with Crippen LogP contribution in [0.4, 0.5) is 0 Å². The van der Waals surface area contributed by atoms with Crippen molar-refractivity contribution in [2.24, 2.45) is 0 Å². The highest BCUT2D eigenvalue weighted by Crippen LogP contribution is 2.34. The number of ether oxygens (including phenoxy) is 1. The minimum Gasteiger partial charge on any atom is -0.492 e. The van der Waals surface area contributed by atoms with Crippen LogP contribution in [0.1, 0.15) is 28.4 Å². The summed E-state index contributed by atoms with van der Waals surface area (Å²) in [7, 11) is 1.63. The van der Waals surface area contributed by atoms with E-state index in [2.05, 4.69) is 42.5 Å². The summed E-state index contributed by atoms with van der Waals surface area (Å²) in [5.41, 5.74) is 2.88. The average molecular weight is 456 g/mol. The fraction of sp³-hybridized carbons (Fsp3) is 0.278. The second kappa shape index (κ2) is 9.20. The van der Waals surface area contributed by atoms with Gasteiger partial charge >= 0.3 is 0 Å². The second-order valence-corrected chi connectivity index (χ2v) is 6.91. The molecule has 0 aliphatic rings. The normalized spacial score (nSPS) is 10.5. The van der Waals surface area contributed by atoms with Gasteiger partial charge in [-0.3, -0.25) is 4.79 Å². The van der Waals surface area contributed by atoms with Crippen LogP contribution in [0.15, 0.2) is 45.3 Å². The molecule has 0 radical (unpaired) electrons. The Morgan fingerprint density at radius 2 is 1.75 bits per heavy atom. The minimum absolute atomic E-state index is 0.0729. The molecule has 2 aromatic carbocycles. The van der Waals surface area contributed by atoms with Crippen molar-refractivity contribution < 1.29 is 9.53 Å². The first-order chi connectivity index (χ1) is 11.5. The standard InChI is InChI=1S/C18H20Br2N2O2/c1-3-24-17-15(19)8-13(9-16(17)20)11-22-10-12-5-4-6-14(7-12)18(23)21-2/h4-9,22H,3,10-11H2,1-2H3,(H,21,23). The first kappa shape index (κ1) is 19.0. The fourth-order valence-corrected chi connectivity index (χ4v) is 3.82. The Morgan fingerprint density at radius 3 is 2.38 bits per heavy atom. The topological polar surface area (TPSA) is 50.4 Å². The number of nitrogens with one attached hydrogen (secondary N) is 2. The van der Waals surface area contributed by atoms with Gasteiger partial charge in [-0.1, -0.05) is 12.1 Å². The molecule has 0 saturated heterocycles. The summed E-state index contributed by atoms with van der Waals surface area (Å²) in [5.74, 6) is 0.746. The Morgan fingerprint density at radius 1 is 1.08 bits per heavy atom. The molecule has 0 unspecified atom stereocenters. The highest BCUT2D eigenvalue weighted by molar-refractivity contribution is 9.11. The zero-order valence-corrected chi connectivity index (χ0v) is 16.8. The van der Waals surface area contributed by atoms with Crippen molar-refractivity contribution in [2.75, 3.05) is 13.7 Å². The molecule has 2 rings (SSSR count). The van der Waals surface area contributed by atoms with Gasteiger partial charge in [-0.2, -0.15) is 0 Å². The van der Waals surface area contributed by atoms with E-state index in [0.29, 0.717) is 25.3 Å². The summed E-state index contributed by atoms with van der Waals surface area (Å²) >= 11 is 7.08. The van der Waals surface area contributed by atoms with E-state index < -0.39 is 0 Å². The summed E-state index contributed by atoms with van der Waals surface area (Å²) < 4.78 is 7.45. The number of halogens is 2. The molecule has 0 heterocycles. The molecule has 0 spiro atoms. The summed E-state index contributed by atoms with van der Waals surface area (Å²) in [6, 6.07) is 11.7. The predicted molar refractivity (Wildman–Crippen MR) is 103 cm³/mol. The Hall–Kier alpha value is -1.37. The number of amides is 1. The summed E-state index contributed by atoms with van der Waals surface area (Å²) in [6.07, 6.45) is 0. The van der Waals surface area contributed by atoms with Crippen LogP contribution in [0, 0.1) is 0 Å². The van der Waals surface area contributed by atoms with Crippen molar-refractivity contribution in [3.63, 3.8) is 0 Å². The molecule has 128 valence electrons. The van der Waals surface area contributed by atoms with Crippen molar-refractivity contribution in [2.45, 2.75) is 20.0 Å². The van der Waals surface area contributed by atoms with Crippen LogP contribution >= 0.6 is 31.9 Å². The lowest BCUT2D eigenvalue weighted by molar-refractivity contribution is 0.0963. The largest absolute Gasteiger partial charge is 0.492 e. The van der Waals surface area contributed by atoms with Crippen LogP contribution in [-0.2, 0) is 13.1 Å². The number of rotatable bonds is 7. The lowest BCUT2D eigenvalue weighted by atomic mass is 10.1. The van der Waals surface area contributed by atoms with Crippen LogP contribution in [-0.4, -0.2) is 19.6 Å². The van der Waals surface area contributed by atoms with E-state index in [1.165, 1.54) is 0 Å². The Balaban J connectivity index is 1.98. The van der Waals surface area contributed by atoms with Crippen molar-refractivity contribution >= 4 is 37.8 Å². The maximum Gasteiger partial charge on any atom is 0.251 e. The van der Waals surface area contributed by atoms with Gasteiger partial charge in [0.2, 0.25) is 0 Å². The van der Waals surface area contributed by atoms with Gasteiger partial charge in [0, 0.05) is 25.7 Å². The Labute approximate surface area is 159 Å². The van der Waals surface area contributed by atoms with E-state index in [9.17, 15) is 4.79 Å². The lowest BCUT2D eigenvalue weighted by Crippen LogP contribution is -2.18. The number of carbonyl (C=O) groups is 1. The minimum atomic E-state index is -0.0729. The zero-order valence-electron chi connectivity index (χ0n) is 13.7. The van der Waals surface area contributed by atoms with Gasteiger partial charge in [-0.25, -0.2) is 0 Å². The lowest BCUT2D eigenvalue weighted by Gasteiger charge is -2.12. The molecule has 2 N–H and O–H groups in total. The smallest absolute Gasteiger partial charge is 0.251 e. The van der Waals surface area contributed by atoms with E-state index >= 15 is 0 Å². The van der Waals surface area contributed by atoms with Gasteiger partial charge in [-0.15, -0.1) is 0 Å². The van der Waals surface area contributed by atoms with Gasteiger partial charge in [-0.05, 0) is 74.2 Å². The Kier molecular flexibility index (Phi) is 7.27. The van der Waals surface area contributed by atoms with Gasteiger partial charge in [0.25, 0.3) is 5.91 Å². The molecule has 24 heavy (non-hydrogen) atoms. The fourth-order valence-electron chi connectivity index (χ4n) is 2.31. The zero-order chi connectivity index (χ0) is 17.5. The molecular formula is C18H20Br2N2O2. The maximum atomic E-state index is 11.7. The number of hydrogen-bond donors (Lipinski definition) is 2. The van der Waals surface area contributed by atoms with Crippen LogP contribution in [0.3, 0.4) is 0 Å². The van der Waals surface area contributed by atoms with Crippen LogP contribution in [0.5, 0.6) is 5.75 Å². The van der Waals surface area contributed by atoms with Crippen LogP contribution in [0.2, 0.25) is 0 Å². The van der Waals surface area contributed by atoms with E-state index in [1.807, 2.05) is 43.3 Å². The van der Waals surface area contributed by atoms with Crippen molar-refractivity contribution in [3.8, 4) is 5.75 Å². The van der Waals surface area contributed by atoms with Crippen LogP contribution in [0.25, 0.3) is 0 Å². The second-order valence-electron chi connectivity index (χ2n) is 5.20. The molecule has 0 saturated carbocycles. The maximum absolute atomic E-state index is 11.7. The van der Waals surface area contributed by atoms with Gasteiger partial charge in [0.1, 0.15) is 5.75 Å². The predicted octanol–water partition coefficient (Wildman–Crippen LogP) is 4.26. The quantitative estimate of drug-likeness (QED) is 0.655. The van der Waals surface area contributed by atoms with Crippen molar-refractivity contribution in [1.82, 2.24) is 10.6 Å². The Bertz CT molecular complexity index is 697. The third-order valence-electron chi connectivity index (χ3n) is 3.42. The first-order valence-corrected chi connectivity index (χ1v) is 9.26. The number of benzene rings is 2. The molecule has 2 aromatic rings. The molecule has 0 bridgehead atoms. The van der Waals surface area contributed by atoms with Crippen molar-refractivity contribution in [3.05, 3.63) is 62.0 Å². The van der Waals surface area contributed by atoms with Crippen molar-refractivity contribution in [1.29, 1.82) is 0 Å². The molecule has 0 aromatic heterocycles. The van der Waals surface area contributed by atoms with Gasteiger partial charge < -0.3 is 15.4 Å². The van der Waals surface area contributed by atoms with Gasteiger partial charge in [0.15, 0.2) is 0 Å². The summed E-state index contributed by atoms with van der Waals surface area (Å²) in [4.78, 5) is 11.7. The molecule has 4 nitrogen and oxygen atoms in total. The molecular weight excluding hydrogens is 436 g/mol. The number of hydrogen-bond acceptors (Lipinski definition) is 3. The highest BCUT2D eigenvalue weighted by atomic mass is 79.9. The van der Waals surface area contributed by atoms with E-state index in [-0.39, 0.29) is 5.91 Å². The number of carbonyl (C=O) groups excluding carboxylic acids is 1. The summed E-state index contributed by atoms with van der Waals surface area (Å²) in [5, 5.41) is 6.03. The molecule has 0 aliphatic heterocycles. The molecule has 0 aliphatic carbocycles. The van der Waals surface area contributed by atoms with Gasteiger partial charge in [0.05, 0.1) is 15.6 Å². The molecule has 1 amide bonds. The highest BCUT2D eigenvalue weighted by Gasteiger charge is 2.09. The first-order valence-electron chi connectivity index (χ1n) is 7.67. The summed E-state index contributed by atoms with van der Waals surface area (Å²) in [6.45, 7) is 3.98. The van der Waals surface area contributed by atoms with E-state index in [4.69, 9.17) is 4.74 Å². The van der Waals surface area contributed by atoms with E-state index in [1.54, 1.807) is 7.05 Å². The van der Waals surface area contributed by atoms with E-state index in [0.717, 1.165) is 25.8 Å². The molecule has 0 fully saturated rings. The monoisotopic (exact) mass is 454 g/mol. The third kappa shape index (κ3) is 5.06. The molecule has 0 atom stereocenters. The molecule has 6 heteroatoms. The third-order valence-corrected chi connectivity index (χ3v) is 4.60. The average Bonchev–Trinajstić information content (AvgIpc) is 2.58. The van der Waals surface area contributed by atoms with Crippen LogP contribution < -0.4 is 15.4 Å². The SMILES string of the molecule is CCOc1c(Br)cc(CNCc2cccc(C(=O)NC)c2)cc1Br.